The van der Waals surface area contributed by atoms with Crippen molar-refractivity contribution in [3.8, 4) is 0 Å². The van der Waals surface area contributed by atoms with Crippen molar-refractivity contribution in [2.24, 2.45) is 0 Å². The van der Waals surface area contributed by atoms with Crippen molar-refractivity contribution in [3.63, 3.8) is 0 Å². The van der Waals surface area contributed by atoms with Gasteiger partial charge in [0.05, 0.1) is 0 Å². The fourth-order valence-corrected chi connectivity index (χ4v) is 1.64. The maximum atomic E-state index is 11.5. The third-order valence-electron chi connectivity index (χ3n) is 2.61. The van der Waals surface area contributed by atoms with E-state index in [1.807, 2.05) is 0 Å². The number of hydrogen-bond donors (Lipinski definition) is 1. The number of carbonyl (C=O) groups excluding carboxylic acids is 1. The van der Waals surface area contributed by atoms with Gasteiger partial charge in [0.2, 0.25) is 0 Å². The lowest BCUT2D eigenvalue weighted by Gasteiger charge is -2.25. The van der Waals surface area contributed by atoms with E-state index in [1.54, 1.807) is 6.92 Å². The van der Waals surface area contributed by atoms with E-state index in [9.17, 15) is 9.90 Å². The molecule has 1 aliphatic carbocycles. The molecule has 0 radical (unpaired) electrons. The van der Waals surface area contributed by atoms with Crippen LogP contribution in [-0.4, -0.2) is 16.5 Å². The van der Waals surface area contributed by atoms with Gasteiger partial charge in [0.25, 0.3) is 0 Å². The third kappa shape index (κ3) is 1.58. The van der Waals surface area contributed by atoms with Gasteiger partial charge in [-0.1, -0.05) is 13.0 Å². The summed E-state index contributed by atoms with van der Waals surface area (Å²) in [5, 5.41) is 9.95. The highest BCUT2D eigenvalue weighted by Crippen LogP contribution is 2.29. The Kier molecular flexibility index (Phi) is 2.68. The summed E-state index contributed by atoms with van der Waals surface area (Å²) in [5.74, 6) is -0.0486. The monoisotopic (exact) mass is 168 g/mol. The van der Waals surface area contributed by atoms with E-state index < -0.39 is 5.60 Å². The minimum absolute atomic E-state index is 0.0486. The zero-order valence-electron chi connectivity index (χ0n) is 7.60. The largest absolute Gasteiger partial charge is 0.378 e. The van der Waals surface area contributed by atoms with Gasteiger partial charge < -0.3 is 5.11 Å². The molecule has 0 aromatic rings. The molecule has 0 saturated heterocycles. The molecule has 1 atom stereocenters. The molecule has 0 aliphatic heterocycles. The molecule has 2 heteroatoms. The number of carbonyl (C=O) groups is 1. The zero-order valence-corrected chi connectivity index (χ0v) is 7.60. The summed E-state index contributed by atoms with van der Waals surface area (Å²) in [7, 11) is 0. The Morgan fingerprint density at radius 1 is 1.50 bits per heavy atom. The lowest BCUT2D eigenvalue weighted by atomic mass is 9.87. The summed E-state index contributed by atoms with van der Waals surface area (Å²) in [6.07, 6.45) is 3.94. The van der Waals surface area contributed by atoms with Gasteiger partial charge in [-0.25, -0.2) is 0 Å². The fourth-order valence-electron chi connectivity index (χ4n) is 1.64. The Morgan fingerprint density at radius 2 is 2.17 bits per heavy atom. The van der Waals surface area contributed by atoms with E-state index in [2.05, 4.69) is 6.58 Å². The van der Waals surface area contributed by atoms with Gasteiger partial charge >= 0.3 is 0 Å². The second-order valence-electron chi connectivity index (χ2n) is 3.62. The minimum Gasteiger partial charge on any atom is -0.378 e. The molecule has 0 spiro atoms. The van der Waals surface area contributed by atoms with Gasteiger partial charge in [0, 0.05) is 6.42 Å². The van der Waals surface area contributed by atoms with Gasteiger partial charge in [-0.15, -0.1) is 0 Å². The van der Waals surface area contributed by atoms with Gasteiger partial charge in [0.15, 0.2) is 5.78 Å². The Morgan fingerprint density at radius 3 is 2.75 bits per heavy atom. The molecule has 68 valence electrons. The highest BCUT2D eigenvalue weighted by molar-refractivity contribution is 5.90. The predicted octanol–water partition coefficient (Wildman–Crippen LogP) is 1.83. The molecule has 0 aromatic carbocycles. The lowest BCUT2D eigenvalue weighted by Crippen LogP contribution is -2.38. The fraction of sp³-hybridized carbons (Fsp3) is 0.700. The van der Waals surface area contributed by atoms with Crippen molar-refractivity contribution in [1.82, 2.24) is 0 Å². The van der Waals surface area contributed by atoms with Gasteiger partial charge in [-0.2, -0.15) is 0 Å². The van der Waals surface area contributed by atoms with Crippen molar-refractivity contribution in [2.45, 2.75) is 44.6 Å². The van der Waals surface area contributed by atoms with Crippen molar-refractivity contribution in [3.05, 3.63) is 12.2 Å². The van der Waals surface area contributed by atoms with Crippen LogP contribution in [0, 0.1) is 0 Å². The predicted molar refractivity (Wildman–Crippen MR) is 47.9 cm³/mol. The van der Waals surface area contributed by atoms with E-state index in [1.165, 1.54) is 0 Å². The first-order valence-corrected chi connectivity index (χ1v) is 4.49. The van der Waals surface area contributed by atoms with Crippen LogP contribution in [0.3, 0.4) is 0 Å². The average Bonchev–Trinajstić information content (AvgIpc) is 2.16. The Bertz CT molecular complexity index is 208. The van der Waals surface area contributed by atoms with E-state index in [4.69, 9.17) is 0 Å². The summed E-state index contributed by atoms with van der Waals surface area (Å²) >= 11 is 0. The van der Waals surface area contributed by atoms with Crippen molar-refractivity contribution in [2.75, 3.05) is 0 Å². The lowest BCUT2D eigenvalue weighted by molar-refractivity contribution is -0.133. The normalized spacial score (nSPS) is 31.3. The first kappa shape index (κ1) is 9.46. The summed E-state index contributed by atoms with van der Waals surface area (Å²) in [4.78, 5) is 11.5. The number of rotatable bonds is 1. The molecule has 1 aliphatic rings. The summed E-state index contributed by atoms with van der Waals surface area (Å²) in [6.45, 7) is 5.40. The molecule has 12 heavy (non-hydrogen) atoms. The van der Waals surface area contributed by atoms with Crippen molar-refractivity contribution < 1.29 is 9.90 Å². The molecule has 0 amide bonds. The highest BCUT2D eigenvalue weighted by Gasteiger charge is 2.36. The molecule has 1 fully saturated rings. The van der Waals surface area contributed by atoms with Crippen LogP contribution in [0.5, 0.6) is 0 Å². The molecule has 1 N–H and O–H groups in total. The molecule has 0 heterocycles. The molecular weight excluding hydrogens is 152 g/mol. The van der Waals surface area contributed by atoms with Gasteiger partial charge in [-0.3, -0.25) is 4.79 Å². The molecular formula is C10H16O2. The molecule has 0 bridgehead atoms. The molecule has 1 saturated carbocycles. The molecule has 2 nitrogen and oxygen atoms in total. The standard InChI is InChI=1S/C10H16O2/c1-8(2)10(12)7-5-3-4-6-9(10)11/h12H,1,3-7H2,2H3. The molecule has 1 rings (SSSR count). The highest BCUT2D eigenvalue weighted by atomic mass is 16.3. The average molecular weight is 168 g/mol. The SMILES string of the molecule is C=C(C)C1(O)CCCCCC1=O. The third-order valence-corrected chi connectivity index (χ3v) is 2.61. The van der Waals surface area contributed by atoms with Crippen LogP contribution in [0.2, 0.25) is 0 Å². The number of hydrogen-bond acceptors (Lipinski definition) is 2. The molecule has 0 aromatic heterocycles. The maximum Gasteiger partial charge on any atom is 0.168 e. The van der Waals surface area contributed by atoms with E-state index in [0.29, 0.717) is 18.4 Å². The van der Waals surface area contributed by atoms with Crippen molar-refractivity contribution >= 4 is 5.78 Å². The van der Waals surface area contributed by atoms with E-state index in [-0.39, 0.29) is 5.78 Å². The first-order chi connectivity index (χ1) is 5.57. The zero-order chi connectivity index (χ0) is 9.19. The van der Waals surface area contributed by atoms with Gasteiger partial charge in [-0.05, 0) is 31.8 Å². The van der Waals surface area contributed by atoms with Crippen LogP contribution < -0.4 is 0 Å². The quantitative estimate of drug-likeness (QED) is 0.479. The number of ketones is 1. The minimum atomic E-state index is -1.21. The number of aliphatic hydroxyl groups is 1. The van der Waals surface area contributed by atoms with E-state index >= 15 is 0 Å². The summed E-state index contributed by atoms with van der Waals surface area (Å²) < 4.78 is 0. The second kappa shape index (κ2) is 3.40. The molecule has 1 unspecified atom stereocenters. The van der Waals surface area contributed by atoms with Crippen LogP contribution in [0.15, 0.2) is 12.2 Å². The number of Topliss-reactive ketones (excluding diaryl/α,β-unsaturated/α-hetero) is 1. The van der Waals surface area contributed by atoms with E-state index in [0.717, 1.165) is 19.3 Å². The topological polar surface area (TPSA) is 37.3 Å². The van der Waals surface area contributed by atoms with Crippen LogP contribution in [0.25, 0.3) is 0 Å². The van der Waals surface area contributed by atoms with Gasteiger partial charge in [0.1, 0.15) is 5.60 Å². The Balaban J connectivity index is 2.83. The summed E-state index contributed by atoms with van der Waals surface area (Å²) in [5.41, 5.74) is -0.620. The van der Waals surface area contributed by atoms with Crippen LogP contribution in [0.1, 0.15) is 39.0 Å². The van der Waals surface area contributed by atoms with Crippen LogP contribution in [-0.2, 0) is 4.79 Å². The maximum absolute atomic E-state index is 11.5. The smallest absolute Gasteiger partial charge is 0.168 e. The van der Waals surface area contributed by atoms with Crippen LogP contribution in [0.4, 0.5) is 0 Å². The van der Waals surface area contributed by atoms with Crippen molar-refractivity contribution in [1.29, 1.82) is 0 Å². The summed E-state index contributed by atoms with van der Waals surface area (Å²) in [6, 6.07) is 0. The Labute approximate surface area is 73.3 Å². The van der Waals surface area contributed by atoms with Crippen LogP contribution >= 0.6 is 0 Å². The Hall–Kier alpha value is -0.630. The first-order valence-electron chi connectivity index (χ1n) is 4.49. The second-order valence-corrected chi connectivity index (χ2v) is 3.62.